The normalized spacial score (nSPS) is 10.1. The van der Waals surface area contributed by atoms with Crippen LogP contribution in [0.25, 0.3) is 0 Å². The highest BCUT2D eigenvalue weighted by atomic mass is 16.5. The van der Waals surface area contributed by atoms with Gasteiger partial charge < -0.3 is 14.9 Å². The summed E-state index contributed by atoms with van der Waals surface area (Å²) >= 11 is 0. The van der Waals surface area contributed by atoms with Crippen molar-refractivity contribution in [1.29, 1.82) is 0 Å². The highest BCUT2D eigenvalue weighted by Crippen LogP contribution is 2.30. The molecule has 0 amide bonds. The zero-order valence-corrected chi connectivity index (χ0v) is 10.8. The number of hydrogen-bond acceptors (Lipinski definition) is 6. The van der Waals surface area contributed by atoms with E-state index in [1.54, 1.807) is 6.92 Å². The van der Waals surface area contributed by atoms with E-state index >= 15 is 0 Å². The Labute approximate surface area is 109 Å². The molecule has 0 aliphatic carbocycles. The van der Waals surface area contributed by atoms with Crippen LogP contribution < -0.4 is 5.43 Å². The largest absolute Gasteiger partial charge is 0.504 e. The molecule has 0 aromatic heterocycles. The van der Waals surface area contributed by atoms with Crippen molar-refractivity contribution in [3.05, 3.63) is 33.0 Å². The van der Waals surface area contributed by atoms with E-state index in [1.165, 1.54) is 0 Å². The summed E-state index contributed by atoms with van der Waals surface area (Å²) in [5.41, 5.74) is -1.26. The molecule has 0 atom stereocenters. The Morgan fingerprint density at radius 1 is 1.21 bits per heavy atom. The number of carbonyl (C=O) groups is 2. The molecule has 1 aromatic carbocycles. The number of hydrogen-bond donors (Lipinski definition) is 2. The Morgan fingerprint density at radius 2 is 1.79 bits per heavy atom. The number of Topliss-reactive ketones (excluding diaryl/α,β-unsaturated/α-hetero) is 1. The Kier molecular flexibility index (Phi) is 4.26. The molecule has 0 saturated heterocycles. The summed E-state index contributed by atoms with van der Waals surface area (Å²) in [4.78, 5) is 34.9. The second kappa shape index (κ2) is 5.51. The Morgan fingerprint density at radius 3 is 2.21 bits per heavy atom. The molecular formula is C13H14O6. The summed E-state index contributed by atoms with van der Waals surface area (Å²) in [5, 5.41) is 19.3. The number of esters is 1. The lowest BCUT2D eigenvalue weighted by molar-refractivity contribution is 0.0595. The molecule has 0 fully saturated rings. The highest BCUT2D eigenvalue weighted by Gasteiger charge is 2.25. The number of rotatable bonds is 3. The maximum absolute atomic E-state index is 11.8. The number of ketones is 1. The van der Waals surface area contributed by atoms with Crippen LogP contribution in [0.15, 0.2) is 10.9 Å². The first-order chi connectivity index (χ1) is 8.84. The van der Waals surface area contributed by atoms with E-state index in [0.717, 1.165) is 20.1 Å². The zero-order valence-electron chi connectivity index (χ0n) is 10.8. The highest BCUT2D eigenvalue weighted by molar-refractivity contribution is 6.08. The molecule has 0 unspecified atom stereocenters. The quantitative estimate of drug-likeness (QED) is 0.625. The molecule has 102 valence electrons. The lowest BCUT2D eigenvalue weighted by Gasteiger charge is -2.07. The molecule has 1 aromatic rings. The van der Waals surface area contributed by atoms with Crippen molar-refractivity contribution in [3.63, 3.8) is 0 Å². The lowest BCUT2D eigenvalue weighted by atomic mass is 10.0. The molecule has 2 N–H and O–H groups in total. The van der Waals surface area contributed by atoms with Crippen LogP contribution in [0.2, 0.25) is 0 Å². The molecule has 19 heavy (non-hydrogen) atoms. The van der Waals surface area contributed by atoms with E-state index in [0.29, 0.717) is 0 Å². The fourth-order valence-electron chi connectivity index (χ4n) is 1.77. The minimum atomic E-state index is -0.963. The Balaban J connectivity index is 4.01. The van der Waals surface area contributed by atoms with E-state index in [1.807, 2.05) is 0 Å². The minimum absolute atomic E-state index is 0.201. The van der Waals surface area contributed by atoms with Gasteiger partial charge in [-0.2, -0.15) is 0 Å². The van der Waals surface area contributed by atoms with Crippen molar-refractivity contribution in [2.45, 2.75) is 20.3 Å². The van der Waals surface area contributed by atoms with Crippen molar-refractivity contribution in [2.24, 2.45) is 0 Å². The van der Waals surface area contributed by atoms with Gasteiger partial charge in [0, 0.05) is 0 Å². The second-order valence-electron chi connectivity index (χ2n) is 3.88. The summed E-state index contributed by atoms with van der Waals surface area (Å²) < 4.78 is 4.56. The van der Waals surface area contributed by atoms with E-state index in [2.05, 4.69) is 4.74 Å². The van der Waals surface area contributed by atoms with Crippen molar-refractivity contribution >= 4 is 11.8 Å². The molecule has 0 aliphatic rings. The van der Waals surface area contributed by atoms with Crippen LogP contribution in [-0.2, 0) is 11.2 Å². The first-order valence-electron chi connectivity index (χ1n) is 5.56. The van der Waals surface area contributed by atoms with Crippen LogP contribution in [-0.4, -0.2) is 29.1 Å². The summed E-state index contributed by atoms with van der Waals surface area (Å²) in [5.74, 6) is -3.38. The van der Waals surface area contributed by atoms with Gasteiger partial charge in [-0.05, 0) is 25.0 Å². The molecule has 0 heterocycles. The number of carbonyl (C=O) groups excluding carboxylic acids is 2. The van der Waals surface area contributed by atoms with Crippen LogP contribution in [0.1, 0.15) is 40.1 Å². The maximum atomic E-state index is 11.8. The van der Waals surface area contributed by atoms with Gasteiger partial charge in [0.1, 0.15) is 0 Å². The average Bonchev–Trinajstić information content (AvgIpc) is 2.47. The zero-order chi connectivity index (χ0) is 14.7. The summed E-state index contributed by atoms with van der Waals surface area (Å²) in [6.45, 7) is 2.78. The van der Waals surface area contributed by atoms with E-state index in [9.17, 15) is 24.6 Å². The molecule has 0 aliphatic heterocycles. The fraction of sp³-hybridized carbons (Fsp3) is 0.308. The second-order valence-corrected chi connectivity index (χ2v) is 3.88. The summed E-state index contributed by atoms with van der Waals surface area (Å²) in [6, 6.07) is 1.01. The van der Waals surface area contributed by atoms with Gasteiger partial charge in [0.2, 0.25) is 11.2 Å². The monoisotopic (exact) mass is 266 g/mol. The summed E-state index contributed by atoms with van der Waals surface area (Å²) in [7, 11) is 1.12. The van der Waals surface area contributed by atoms with Gasteiger partial charge in [-0.1, -0.05) is 6.92 Å². The Bertz CT molecular complexity index is 603. The van der Waals surface area contributed by atoms with E-state index in [4.69, 9.17) is 0 Å². The van der Waals surface area contributed by atoms with Gasteiger partial charge >= 0.3 is 5.97 Å². The molecule has 6 heteroatoms. The first-order valence-corrected chi connectivity index (χ1v) is 5.56. The van der Waals surface area contributed by atoms with Gasteiger partial charge in [0.25, 0.3) is 0 Å². The van der Waals surface area contributed by atoms with Gasteiger partial charge in [-0.25, -0.2) is 4.79 Å². The SMILES string of the molecule is CCc1cc(=O)c(O)c(O)c(C(C)=O)c1C(=O)OC. The number of methoxy groups -OCH3 is 1. The molecule has 0 spiro atoms. The van der Waals surface area contributed by atoms with Crippen molar-refractivity contribution < 1.29 is 24.5 Å². The van der Waals surface area contributed by atoms with Crippen LogP contribution in [0.4, 0.5) is 0 Å². The van der Waals surface area contributed by atoms with E-state index < -0.39 is 34.2 Å². The standard InChI is InChI=1S/C13H14O6/c1-4-7-5-8(15)11(16)12(17)9(6(2)14)10(7)13(18)19-3/h5H,4H2,1-3H3,(H2,15,16,17). The number of aryl methyl sites for hydroxylation is 1. The fourth-order valence-corrected chi connectivity index (χ4v) is 1.77. The van der Waals surface area contributed by atoms with Crippen LogP contribution in [0.3, 0.4) is 0 Å². The average molecular weight is 266 g/mol. The third kappa shape index (κ3) is 2.57. The molecular weight excluding hydrogens is 252 g/mol. The summed E-state index contributed by atoms with van der Waals surface area (Å²) in [6.07, 6.45) is 0.257. The molecule has 0 saturated carbocycles. The van der Waals surface area contributed by atoms with Crippen LogP contribution >= 0.6 is 0 Å². The predicted octanol–water partition coefficient (Wildman–Crippen LogP) is 1.01. The van der Waals surface area contributed by atoms with Gasteiger partial charge in [-0.3, -0.25) is 9.59 Å². The number of aromatic hydroxyl groups is 2. The molecule has 1 rings (SSSR count). The van der Waals surface area contributed by atoms with Crippen molar-refractivity contribution in [3.8, 4) is 11.5 Å². The molecule has 0 bridgehead atoms. The Hall–Kier alpha value is -2.37. The predicted molar refractivity (Wildman–Crippen MR) is 66.8 cm³/mol. The third-order valence-electron chi connectivity index (χ3n) is 2.69. The topological polar surface area (TPSA) is 101 Å². The van der Waals surface area contributed by atoms with Gasteiger partial charge in [0.15, 0.2) is 11.5 Å². The number of ether oxygens (including phenoxy) is 1. The first kappa shape index (κ1) is 14.7. The maximum Gasteiger partial charge on any atom is 0.339 e. The minimum Gasteiger partial charge on any atom is -0.504 e. The molecule has 6 nitrogen and oxygen atoms in total. The van der Waals surface area contributed by atoms with Crippen molar-refractivity contribution in [1.82, 2.24) is 0 Å². The van der Waals surface area contributed by atoms with E-state index in [-0.39, 0.29) is 17.5 Å². The lowest BCUT2D eigenvalue weighted by Crippen LogP contribution is -2.10. The van der Waals surface area contributed by atoms with Gasteiger partial charge in [0.05, 0.1) is 18.2 Å². The van der Waals surface area contributed by atoms with Crippen molar-refractivity contribution in [2.75, 3.05) is 7.11 Å². The smallest absolute Gasteiger partial charge is 0.339 e. The van der Waals surface area contributed by atoms with Crippen LogP contribution in [0.5, 0.6) is 11.5 Å². The third-order valence-corrected chi connectivity index (χ3v) is 2.69. The van der Waals surface area contributed by atoms with Crippen LogP contribution in [0, 0.1) is 0 Å². The molecule has 0 radical (unpaired) electrons. The van der Waals surface area contributed by atoms with Gasteiger partial charge in [-0.15, -0.1) is 0 Å².